The van der Waals surface area contributed by atoms with E-state index in [2.05, 4.69) is 15.5 Å². The molecule has 236 valence electrons. The molecule has 0 saturated heterocycles. The van der Waals surface area contributed by atoms with Crippen LogP contribution in [0, 0.1) is 0 Å². The van der Waals surface area contributed by atoms with Gasteiger partial charge in [0.15, 0.2) is 22.5 Å². The molecule has 1 N–H and O–H groups in total. The Morgan fingerprint density at radius 2 is 1.69 bits per heavy atom. The summed E-state index contributed by atoms with van der Waals surface area (Å²) in [7, 11) is 4.28. The van der Waals surface area contributed by atoms with Crippen molar-refractivity contribution in [2.75, 3.05) is 38.5 Å². The van der Waals surface area contributed by atoms with E-state index in [1.54, 1.807) is 4.90 Å². The summed E-state index contributed by atoms with van der Waals surface area (Å²) < 4.78 is 58.2. The van der Waals surface area contributed by atoms with E-state index in [0.717, 1.165) is 48.0 Å². The minimum atomic E-state index is -4.59. The molecule has 14 heteroatoms. The van der Waals surface area contributed by atoms with E-state index in [1.165, 1.54) is 50.2 Å². The molecule has 1 aromatic heterocycles. The largest absolute Gasteiger partial charge is 0.493 e. The lowest BCUT2D eigenvalue weighted by atomic mass is 10.0. The van der Waals surface area contributed by atoms with Crippen LogP contribution in [0.15, 0.2) is 65.8 Å². The van der Waals surface area contributed by atoms with Crippen LogP contribution >= 0.6 is 11.8 Å². The number of thioether (sulfide) groups is 1. The minimum Gasteiger partial charge on any atom is -0.493 e. The molecule has 0 radical (unpaired) electrons. The zero-order valence-electron chi connectivity index (χ0n) is 24.7. The Balaban J connectivity index is 1.41. The van der Waals surface area contributed by atoms with E-state index in [0.29, 0.717) is 12.3 Å². The predicted octanol–water partition coefficient (Wildman–Crippen LogP) is 5.31. The number of benzene rings is 3. The van der Waals surface area contributed by atoms with Crippen LogP contribution in [0.1, 0.15) is 33.7 Å². The highest BCUT2D eigenvalue weighted by atomic mass is 32.2. The molecule has 5 rings (SSSR count). The molecule has 0 unspecified atom stereocenters. The number of anilines is 1. The number of para-hydroxylation sites is 1. The number of nitrogens with one attached hydrogen (secondary N) is 1. The number of halogens is 3. The molecule has 10 nitrogen and oxygen atoms in total. The monoisotopic (exact) mass is 641 g/mol. The van der Waals surface area contributed by atoms with Gasteiger partial charge in [-0.05, 0) is 54.8 Å². The number of carbonyl (C=O) groups excluding carboxylic acids is 2. The lowest BCUT2D eigenvalue weighted by Gasteiger charge is -2.29. The van der Waals surface area contributed by atoms with Gasteiger partial charge in [0.2, 0.25) is 11.7 Å². The highest BCUT2D eigenvalue weighted by Gasteiger charge is 2.31. The first-order chi connectivity index (χ1) is 21.6. The zero-order chi connectivity index (χ0) is 32.1. The molecule has 0 fully saturated rings. The normalized spacial score (nSPS) is 12.8. The van der Waals surface area contributed by atoms with Crippen LogP contribution < -0.4 is 24.4 Å². The van der Waals surface area contributed by atoms with Gasteiger partial charge < -0.3 is 24.4 Å². The van der Waals surface area contributed by atoms with Gasteiger partial charge in [0.1, 0.15) is 0 Å². The molecule has 3 aromatic carbocycles. The van der Waals surface area contributed by atoms with Crippen molar-refractivity contribution in [3.63, 3.8) is 0 Å². The third-order valence-electron chi connectivity index (χ3n) is 7.20. The van der Waals surface area contributed by atoms with Gasteiger partial charge in [0.05, 0.1) is 44.9 Å². The average molecular weight is 642 g/mol. The number of hydrogen-bond acceptors (Lipinski definition) is 8. The first kappa shape index (κ1) is 31.7. The number of carbonyl (C=O) groups is 2. The second-order valence-electron chi connectivity index (χ2n) is 9.95. The molecule has 0 bridgehead atoms. The predicted molar refractivity (Wildman–Crippen MR) is 161 cm³/mol. The Labute approximate surface area is 261 Å². The maximum absolute atomic E-state index is 13.6. The highest BCUT2D eigenvalue weighted by Crippen LogP contribution is 2.38. The standard InChI is InChI=1S/C31H30F3N5O5S/c1-42-24-14-20(15-25(43-2)28(24)44-3)29(41)35-17-26-36-37-30(39(26)22-11-6-10-21(16-22)31(32,33)34)45-18-27(40)38-13-7-9-19-8-4-5-12-23(19)38/h4-6,8,10-12,14-16H,7,9,13,17-18H2,1-3H3,(H,35,41). The number of amides is 2. The number of aryl methyl sites for hydroxylation is 1. The summed E-state index contributed by atoms with van der Waals surface area (Å²) >= 11 is 1.05. The molecule has 1 aliphatic heterocycles. The van der Waals surface area contributed by atoms with Crippen molar-refractivity contribution in [3.8, 4) is 22.9 Å². The molecule has 2 amide bonds. The lowest BCUT2D eigenvalue weighted by Crippen LogP contribution is -2.36. The van der Waals surface area contributed by atoms with Crippen molar-refractivity contribution >= 4 is 29.3 Å². The number of aromatic nitrogens is 3. The van der Waals surface area contributed by atoms with Gasteiger partial charge in [-0.15, -0.1) is 10.2 Å². The fraction of sp³-hybridized carbons (Fsp3) is 0.290. The minimum absolute atomic E-state index is 0.0246. The van der Waals surface area contributed by atoms with E-state index < -0.39 is 17.6 Å². The summed E-state index contributed by atoms with van der Waals surface area (Å²) in [5, 5.41) is 11.3. The van der Waals surface area contributed by atoms with Crippen LogP contribution in [-0.2, 0) is 23.9 Å². The molecule has 0 spiro atoms. The average Bonchev–Trinajstić information content (AvgIpc) is 3.47. The van der Waals surface area contributed by atoms with Gasteiger partial charge in [-0.2, -0.15) is 13.2 Å². The van der Waals surface area contributed by atoms with Crippen LogP contribution in [0.4, 0.5) is 18.9 Å². The van der Waals surface area contributed by atoms with E-state index in [1.807, 2.05) is 24.3 Å². The molecule has 4 aromatic rings. The number of nitrogens with zero attached hydrogens (tertiary/aromatic N) is 4. The Morgan fingerprint density at radius 1 is 0.956 bits per heavy atom. The molecular formula is C31H30F3N5O5S. The maximum atomic E-state index is 13.6. The molecule has 2 heterocycles. The fourth-order valence-electron chi connectivity index (χ4n) is 5.06. The van der Waals surface area contributed by atoms with Crippen molar-refractivity contribution in [2.24, 2.45) is 0 Å². The number of ether oxygens (including phenoxy) is 3. The van der Waals surface area contributed by atoms with E-state index in [9.17, 15) is 22.8 Å². The third-order valence-corrected chi connectivity index (χ3v) is 8.12. The van der Waals surface area contributed by atoms with Crippen LogP contribution in [-0.4, -0.2) is 60.2 Å². The van der Waals surface area contributed by atoms with Crippen LogP contribution in [0.3, 0.4) is 0 Å². The van der Waals surface area contributed by atoms with Crippen LogP contribution in [0.2, 0.25) is 0 Å². The second-order valence-corrected chi connectivity index (χ2v) is 10.9. The molecule has 45 heavy (non-hydrogen) atoms. The molecule has 0 saturated carbocycles. The third kappa shape index (κ3) is 6.85. The number of methoxy groups -OCH3 is 3. The van der Waals surface area contributed by atoms with Crippen LogP contribution in [0.5, 0.6) is 17.2 Å². The van der Waals surface area contributed by atoms with Crippen molar-refractivity contribution in [3.05, 3.63) is 83.2 Å². The Kier molecular flexibility index (Phi) is 9.51. The topological polar surface area (TPSA) is 108 Å². The molecular weight excluding hydrogens is 611 g/mol. The Hall–Kier alpha value is -4.72. The number of fused-ring (bicyclic) bond motifs is 1. The lowest BCUT2D eigenvalue weighted by molar-refractivity contribution is -0.137. The van der Waals surface area contributed by atoms with Crippen molar-refractivity contribution in [1.82, 2.24) is 20.1 Å². The van der Waals surface area contributed by atoms with E-state index in [4.69, 9.17) is 14.2 Å². The Morgan fingerprint density at radius 3 is 2.38 bits per heavy atom. The number of alkyl halides is 3. The molecule has 1 aliphatic rings. The summed E-state index contributed by atoms with van der Waals surface area (Å²) in [6.45, 7) is 0.377. The number of rotatable bonds is 10. The summed E-state index contributed by atoms with van der Waals surface area (Å²) in [5.41, 5.74) is 1.39. The van der Waals surface area contributed by atoms with Gasteiger partial charge in [-0.3, -0.25) is 14.2 Å². The maximum Gasteiger partial charge on any atom is 0.416 e. The van der Waals surface area contributed by atoms with Crippen molar-refractivity contribution in [1.29, 1.82) is 0 Å². The van der Waals surface area contributed by atoms with Gasteiger partial charge in [0, 0.05) is 17.8 Å². The van der Waals surface area contributed by atoms with E-state index >= 15 is 0 Å². The Bertz CT molecular complexity index is 1690. The van der Waals surface area contributed by atoms with Gasteiger partial charge in [-0.1, -0.05) is 36.0 Å². The van der Waals surface area contributed by atoms with E-state index in [-0.39, 0.29) is 51.9 Å². The highest BCUT2D eigenvalue weighted by molar-refractivity contribution is 7.99. The summed E-state index contributed by atoms with van der Waals surface area (Å²) in [4.78, 5) is 28.2. The second kappa shape index (κ2) is 13.5. The van der Waals surface area contributed by atoms with Gasteiger partial charge >= 0.3 is 6.18 Å². The van der Waals surface area contributed by atoms with Crippen LogP contribution in [0.25, 0.3) is 5.69 Å². The van der Waals surface area contributed by atoms with Crippen molar-refractivity contribution in [2.45, 2.75) is 30.7 Å². The zero-order valence-corrected chi connectivity index (χ0v) is 25.5. The quantitative estimate of drug-likeness (QED) is 0.232. The summed E-state index contributed by atoms with van der Waals surface area (Å²) in [6.07, 6.45) is -2.89. The summed E-state index contributed by atoms with van der Waals surface area (Å²) in [6, 6.07) is 15.3. The van der Waals surface area contributed by atoms with Gasteiger partial charge in [0.25, 0.3) is 5.91 Å². The summed E-state index contributed by atoms with van der Waals surface area (Å²) in [5.74, 6) is 0.300. The molecule has 0 atom stereocenters. The van der Waals surface area contributed by atoms with Crippen molar-refractivity contribution < 1.29 is 37.0 Å². The fourth-order valence-corrected chi connectivity index (χ4v) is 5.91. The SMILES string of the molecule is COc1cc(C(=O)NCc2nnc(SCC(=O)N3CCCc4ccccc43)n2-c2cccc(C(F)(F)F)c2)cc(OC)c1OC. The van der Waals surface area contributed by atoms with Gasteiger partial charge in [-0.25, -0.2) is 0 Å². The first-order valence-electron chi connectivity index (χ1n) is 13.9. The molecule has 0 aliphatic carbocycles. The smallest absolute Gasteiger partial charge is 0.416 e. The first-order valence-corrected chi connectivity index (χ1v) is 14.8. The number of hydrogen-bond donors (Lipinski definition) is 1.